The summed E-state index contributed by atoms with van der Waals surface area (Å²) in [5.74, 6) is 0.171. The lowest BCUT2D eigenvalue weighted by Crippen LogP contribution is -2.30. The standard InChI is InChI=1S/C14H18N2O/c1-14(2)9-8-12(13(17)10-14)16-15-11-6-4-3-5-7-11/h3-7,15H,8-10H2,1-2H3. The lowest BCUT2D eigenvalue weighted by atomic mass is 9.76. The fourth-order valence-electron chi connectivity index (χ4n) is 1.98. The highest BCUT2D eigenvalue weighted by molar-refractivity contribution is 6.40. The second kappa shape index (κ2) is 4.70. The van der Waals surface area contributed by atoms with Gasteiger partial charge < -0.3 is 0 Å². The van der Waals surface area contributed by atoms with Crippen LogP contribution in [0.1, 0.15) is 33.1 Å². The average molecular weight is 230 g/mol. The summed E-state index contributed by atoms with van der Waals surface area (Å²) in [7, 11) is 0. The summed E-state index contributed by atoms with van der Waals surface area (Å²) in [5.41, 5.74) is 4.66. The SMILES string of the molecule is CC1(C)CCC(=NNc2ccccc2)C(=O)C1. The molecule has 1 aliphatic rings. The molecule has 1 aromatic carbocycles. The number of carbonyl (C=O) groups excluding carboxylic acids is 1. The molecule has 0 radical (unpaired) electrons. The fourth-order valence-corrected chi connectivity index (χ4v) is 1.98. The zero-order valence-electron chi connectivity index (χ0n) is 10.4. The highest BCUT2D eigenvalue weighted by Gasteiger charge is 2.30. The van der Waals surface area contributed by atoms with Gasteiger partial charge in [0.1, 0.15) is 5.71 Å². The molecule has 0 aromatic heterocycles. The first-order valence-electron chi connectivity index (χ1n) is 5.98. The van der Waals surface area contributed by atoms with Gasteiger partial charge in [-0.05, 0) is 30.4 Å². The van der Waals surface area contributed by atoms with E-state index in [4.69, 9.17) is 0 Å². The van der Waals surface area contributed by atoms with E-state index in [1.54, 1.807) is 0 Å². The van der Waals surface area contributed by atoms with Crippen molar-refractivity contribution < 1.29 is 4.79 Å². The van der Waals surface area contributed by atoms with Gasteiger partial charge in [-0.25, -0.2) is 0 Å². The Morgan fingerprint density at radius 1 is 1.24 bits per heavy atom. The molecule has 3 heteroatoms. The largest absolute Gasteiger partial charge is 0.293 e. The maximum Gasteiger partial charge on any atom is 0.179 e. The fraction of sp³-hybridized carbons (Fsp3) is 0.429. The summed E-state index contributed by atoms with van der Waals surface area (Å²) < 4.78 is 0. The smallest absolute Gasteiger partial charge is 0.179 e. The molecule has 0 saturated heterocycles. The van der Waals surface area contributed by atoms with E-state index in [1.807, 2.05) is 30.3 Å². The molecule has 0 amide bonds. The number of carbonyl (C=O) groups is 1. The van der Waals surface area contributed by atoms with Crippen LogP contribution < -0.4 is 5.43 Å². The lowest BCUT2D eigenvalue weighted by Gasteiger charge is -2.28. The number of hydrogen-bond acceptors (Lipinski definition) is 3. The Kier molecular flexibility index (Phi) is 3.27. The van der Waals surface area contributed by atoms with Crippen molar-refractivity contribution in [2.45, 2.75) is 33.1 Å². The van der Waals surface area contributed by atoms with Gasteiger partial charge in [0.25, 0.3) is 0 Å². The molecular formula is C14H18N2O. The summed E-state index contributed by atoms with van der Waals surface area (Å²) in [6.45, 7) is 4.26. The van der Waals surface area contributed by atoms with Gasteiger partial charge in [0.15, 0.2) is 5.78 Å². The number of Topliss-reactive ketones (excluding diaryl/α,β-unsaturated/α-hetero) is 1. The number of nitrogens with zero attached hydrogens (tertiary/aromatic N) is 1. The van der Waals surface area contributed by atoms with Crippen molar-refractivity contribution in [3.05, 3.63) is 30.3 Å². The van der Waals surface area contributed by atoms with E-state index in [0.717, 1.165) is 18.5 Å². The van der Waals surface area contributed by atoms with Gasteiger partial charge in [0.05, 0.1) is 5.69 Å². The van der Waals surface area contributed by atoms with Crippen LogP contribution in [-0.2, 0) is 4.79 Å². The van der Waals surface area contributed by atoms with Gasteiger partial charge in [-0.2, -0.15) is 5.10 Å². The number of ketones is 1. The summed E-state index contributed by atoms with van der Waals surface area (Å²) in [6, 6.07) is 9.69. The normalized spacial score (nSPS) is 21.5. The van der Waals surface area contributed by atoms with Crippen LogP contribution in [0.25, 0.3) is 0 Å². The van der Waals surface area contributed by atoms with Gasteiger partial charge >= 0.3 is 0 Å². The van der Waals surface area contributed by atoms with Crippen molar-refractivity contribution in [3.63, 3.8) is 0 Å². The molecule has 0 spiro atoms. The van der Waals surface area contributed by atoms with E-state index in [1.165, 1.54) is 0 Å². The van der Waals surface area contributed by atoms with Crippen molar-refractivity contribution in [1.29, 1.82) is 0 Å². The molecule has 0 heterocycles. The molecule has 17 heavy (non-hydrogen) atoms. The number of hydrogen-bond donors (Lipinski definition) is 1. The third-order valence-electron chi connectivity index (χ3n) is 3.09. The van der Waals surface area contributed by atoms with Crippen LogP contribution in [0.3, 0.4) is 0 Å². The highest BCUT2D eigenvalue weighted by atomic mass is 16.1. The number of hydrazone groups is 1. The lowest BCUT2D eigenvalue weighted by molar-refractivity contribution is -0.115. The molecule has 1 aliphatic carbocycles. The summed E-state index contributed by atoms with van der Waals surface area (Å²) >= 11 is 0. The predicted molar refractivity (Wildman–Crippen MR) is 70.1 cm³/mol. The molecule has 1 saturated carbocycles. The Labute approximate surface area is 102 Å². The van der Waals surface area contributed by atoms with E-state index in [2.05, 4.69) is 24.4 Å². The van der Waals surface area contributed by atoms with Crippen LogP contribution in [0.5, 0.6) is 0 Å². The number of nitrogens with one attached hydrogen (secondary N) is 1. The van der Waals surface area contributed by atoms with E-state index in [-0.39, 0.29) is 11.2 Å². The predicted octanol–water partition coefficient (Wildman–Crippen LogP) is 3.23. The number of rotatable bonds is 2. The second-order valence-electron chi connectivity index (χ2n) is 5.30. The minimum absolute atomic E-state index is 0.128. The summed E-state index contributed by atoms with van der Waals surface area (Å²) in [4.78, 5) is 11.9. The summed E-state index contributed by atoms with van der Waals surface area (Å²) in [5, 5.41) is 4.22. The Bertz CT molecular complexity index is 435. The Hall–Kier alpha value is -1.64. The molecule has 0 aliphatic heterocycles. The minimum Gasteiger partial charge on any atom is -0.293 e. The van der Waals surface area contributed by atoms with E-state index in [9.17, 15) is 4.79 Å². The van der Waals surface area contributed by atoms with E-state index >= 15 is 0 Å². The molecule has 1 fully saturated rings. The molecule has 90 valence electrons. The first-order chi connectivity index (χ1) is 8.07. The van der Waals surface area contributed by atoms with Crippen LogP contribution in [0.15, 0.2) is 35.4 Å². The Morgan fingerprint density at radius 3 is 2.59 bits per heavy atom. The van der Waals surface area contributed by atoms with Crippen molar-refractivity contribution >= 4 is 17.2 Å². The van der Waals surface area contributed by atoms with Gasteiger partial charge in [0.2, 0.25) is 0 Å². The average Bonchev–Trinajstić information content (AvgIpc) is 2.28. The third-order valence-corrected chi connectivity index (χ3v) is 3.09. The third kappa shape index (κ3) is 3.16. The number of para-hydroxylation sites is 1. The quantitative estimate of drug-likeness (QED) is 0.792. The summed E-state index contributed by atoms with van der Waals surface area (Å²) in [6.07, 6.45) is 2.39. The van der Waals surface area contributed by atoms with Crippen LogP contribution in [-0.4, -0.2) is 11.5 Å². The molecule has 1 N–H and O–H groups in total. The first kappa shape index (κ1) is 11.8. The van der Waals surface area contributed by atoms with Crippen LogP contribution in [0, 0.1) is 5.41 Å². The van der Waals surface area contributed by atoms with Crippen LogP contribution in [0.2, 0.25) is 0 Å². The zero-order chi connectivity index (χ0) is 12.3. The van der Waals surface area contributed by atoms with Crippen LogP contribution >= 0.6 is 0 Å². The van der Waals surface area contributed by atoms with Gasteiger partial charge in [-0.1, -0.05) is 32.0 Å². The number of benzene rings is 1. The van der Waals surface area contributed by atoms with E-state index in [0.29, 0.717) is 12.1 Å². The van der Waals surface area contributed by atoms with Crippen LogP contribution in [0.4, 0.5) is 5.69 Å². The van der Waals surface area contributed by atoms with E-state index < -0.39 is 0 Å². The maximum atomic E-state index is 11.9. The van der Waals surface area contributed by atoms with Crippen molar-refractivity contribution in [1.82, 2.24) is 0 Å². The maximum absolute atomic E-state index is 11.9. The minimum atomic E-state index is 0.128. The monoisotopic (exact) mass is 230 g/mol. The molecule has 1 aromatic rings. The van der Waals surface area contributed by atoms with Gasteiger partial charge in [-0.15, -0.1) is 0 Å². The number of anilines is 1. The molecular weight excluding hydrogens is 212 g/mol. The highest BCUT2D eigenvalue weighted by Crippen LogP contribution is 2.31. The topological polar surface area (TPSA) is 41.5 Å². The molecule has 0 atom stereocenters. The van der Waals surface area contributed by atoms with Gasteiger partial charge in [-0.3, -0.25) is 10.2 Å². The Balaban J connectivity index is 2.02. The molecule has 0 unspecified atom stereocenters. The Morgan fingerprint density at radius 2 is 1.94 bits per heavy atom. The molecule has 3 nitrogen and oxygen atoms in total. The van der Waals surface area contributed by atoms with Crippen molar-refractivity contribution in [2.24, 2.45) is 10.5 Å². The van der Waals surface area contributed by atoms with Gasteiger partial charge in [0, 0.05) is 6.42 Å². The molecule has 0 bridgehead atoms. The molecule has 2 rings (SSSR count). The van der Waals surface area contributed by atoms with Crippen molar-refractivity contribution in [3.8, 4) is 0 Å². The zero-order valence-corrected chi connectivity index (χ0v) is 10.4. The second-order valence-corrected chi connectivity index (χ2v) is 5.30. The van der Waals surface area contributed by atoms with Crippen molar-refractivity contribution in [2.75, 3.05) is 5.43 Å². The first-order valence-corrected chi connectivity index (χ1v) is 5.98.